The number of hydrogen-bond acceptors (Lipinski definition) is 5. The van der Waals surface area contributed by atoms with E-state index in [1.165, 1.54) is 6.92 Å². The first kappa shape index (κ1) is 23.6. The number of ether oxygens (including phenoxy) is 1. The number of nitrogens with zero attached hydrogens (tertiary/aromatic N) is 3. The molecular formula is C28H24N6O3. The lowest BCUT2D eigenvalue weighted by Crippen LogP contribution is -2.21. The van der Waals surface area contributed by atoms with E-state index >= 15 is 0 Å². The second kappa shape index (κ2) is 10.2. The number of pyridine rings is 1. The van der Waals surface area contributed by atoms with Crippen LogP contribution in [0.1, 0.15) is 12.5 Å². The number of carbonyl (C=O) groups is 2. The van der Waals surface area contributed by atoms with E-state index in [4.69, 9.17) is 4.74 Å². The average molecular weight is 493 g/mol. The lowest BCUT2D eigenvalue weighted by Gasteiger charge is -2.14. The van der Waals surface area contributed by atoms with Crippen molar-refractivity contribution in [3.05, 3.63) is 96.8 Å². The summed E-state index contributed by atoms with van der Waals surface area (Å²) in [6.45, 7) is 3.43. The lowest BCUT2D eigenvalue weighted by atomic mass is 10.1. The summed E-state index contributed by atoms with van der Waals surface area (Å²) in [5.74, 6) is 1.84. The highest BCUT2D eigenvalue weighted by Gasteiger charge is 2.13. The highest BCUT2D eigenvalue weighted by Crippen LogP contribution is 2.35. The molecule has 0 saturated heterocycles. The molecule has 184 valence electrons. The molecule has 0 fully saturated rings. The molecule has 0 radical (unpaired) electrons. The molecule has 0 aliphatic heterocycles. The largest absolute Gasteiger partial charge is 0.457 e. The smallest absolute Gasteiger partial charge is 0.324 e. The molecule has 2 heterocycles. The zero-order valence-corrected chi connectivity index (χ0v) is 20.2. The molecule has 3 amide bonds. The van der Waals surface area contributed by atoms with E-state index in [0.717, 1.165) is 22.0 Å². The van der Waals surface area contributed by atoms with Gasteiger partial charge >= 0.3 is 6.03 Å². The summed E-state index contributed by atoms with van der Waals surface area (Å²) < 4.78 is 7.77. The molecule has 3 N–H and O–H groups in total. The van der Waals surface area contributed by atoms with Gasteiger partial charge in [0.2, 0.25) is 5.91 Å². The molecule has 9 nitrogen and oxygen atoms in total. The van der Waals surface area contributed by atoms with Crippen molar-refractivity contribution in [1.29, 1.82) is 0 Å². The molecule has 0 aliphatic carbocycles. The first-order valence-corrected chi connectivity index (χ1v) is 11.6. The number of aromatic nitrogens is 3. The Bertz CT molecular complexity index is 1590. The average Bonchev–Trinajstić information content (AvgIpc) is 3.34. The number of anilines is 3. The van der Waals surface area contributed by atoms with Gasteiger partial charge in [0.1, 0.15) is 23.1 Å². The third-order valence-electron chi connectivity index (χ3n) is 5.56. The van der Waals surface area contributed by atoms with Gasteiger partial charge in [-0.3, -0.25) is 10.1 Å². The van der Waals surface area contributed by atoms with Crippen LogP contribution in [0.25, 0.3) is 16.5 Å². The van der Waals surface area contributed by atoms with Crippen LogP contribution in [0.5, 0.6) is 11.5 Å². The maximum atomic E-state index is 12.9. The van der Waals surface area contributed by atoms with Crippen LogP contribution in [0, 0.1) is 6.92 Å². The summed E-state index contributed by atoms with van der Waals surface area (Å²) in [4.78, 5) is 28.4. The SMILES string of the molecule is CC(=O)Nc1cc(Oc2ccc(NC(=O)Nc3ccnn3-c3ccc(C)cc3)c3ccccc23)ccn1. The van der Waals surface area contributed by atoms with E-state index in [1.807, 2.05) is 55.5 Å². The van der Waals surface area contributed by atoms with E-state index in [9.17, 15) is 9.59 Å². The maximum Gasteiger partial charge on any atom is 0.324 e. The number of amides is 3. The third kappa shape index (κ3) is 5.40. The van der Waals surface area contributed by atoms with Crippen molar-refractivity contribution in [1.82, 2.24) is 14.8 Å². The Morgan fingerprint density at radius 2 is 1.62 bits per heavy atom. The van der Waals surface area contributed by atoms with E-state index < -0.39 is 6.03 Å². The summed E-state index contributed by atoms with van der Waals surface area (Å²) in [6.07, 6.45) is 3.19. The number of rotatable bonds is 6. The Hall–Kier alpha value is -5.18. The van der Waals surface area contributed by atoms with E-state index in [1.54, 1.807) is 47.4 Å². The lowest BCUT2D eigenvalue weighted by molar-refractivity contribution is -0.114. The fourth-order valence-electron chi connectivity index (χ4n) is 3.88. The van der Waals surface area contributed by atoms with Crippen molar-refractivity contribution in [3.8, 4) is 17.2 Å². The van der Waals surface area contributed by atoms with Gasteiger partial charge in [-0.1, -0.05) is 42.0 Å². The number of fused-ring (bicyclic) bond motifs is 1. The molecule has 0 bridgehead atoms. The normalized spacial score (nSPS) is 10.6. The second-order valence-corrected chi connectivity index (χ2v) is 8.36. The van der Waals surface area contributed by atoms with Crippen LogP contribution in [0.2, 0.25) is 0 Å². The minimum Gasteiger partial charge on any atom is -0.457 e. The molecule has 0 atom stereocenters. The third-order valence-corrected chi connectivity index (χ3v) is 5.56. The molecule has 0 saturated carbocycles. The topological polar surface area (TPSA) is 110 Å². The molecule has 2 aromatic heterocycles. The highest BCUT2D eigenvalue weighted by atomic mass is 16.5. The zero-order valence-electron chi connectivity index (χ0n) is 20.2. The Morgan fingerprint density at radius 3 is 2.41 bits per heavy atom. The van der Waals surface area contributed by atoms with Gasteiger partial charge in [0.05, 0.1) is 17.6 Å². The van der Waals surface area contributed by atoms with Gasteiger partial charge in [0, 0.05) is 36.0 Å². The van der Waals surface area contributed by atoms with Gasteiger partial charge in [-0.2, -0.15) is 5.10 Å². The number of carbonyl (C=O) groups excluding carboxylic acids is 2. The van der Waals surface area contributed by atoms with Crippen molar-refractivity contribution in [2.24, 2.45) is 0 Å². The predicted molar refractivity (Wildman–Crippen MR) is 144 cm³/mol. The Kier molecular flexibility index (Phi) is 6.50. The van der Waals surface area contributed by atoms with Crippen LogP contribution in [-0.2, 0) is 4.79 Å². The Balaban J connectivity index is 1.36. The summed E-state index contributed by atoms with van der Waals surface area (Å²) in [6, 6.07) is 23.7. The second-order valence-electron chi connectivity index (χ2n) is 8.36. The molecule has 5 aromatic rings. The molecule has 9 heteroatoms. The van der Waals surface area contributed by atoms with Crippen LogP contribution < -0.4 is 20.7 Å². The van der Waals surface area contributed by atoms with Crippen molar-refractivity contribution >= 4 is 40.0 Å². The summed E-state index contributed by atoms with van der Waals surface area (Å²) in [5.41, 5.74) is 2.60. The minimum absolute atomic E-state index is 0.217. The van der Waals surface area contributed by atoms with Crippen molar-refractivity contribution in [2.45, 2.75) is 13.8 Å². The van der Waals surface area contributed by atoms with Crippen LogP contribution in [0.4, 0.5) is 22.1 Å². The van der Waals surface area contributed by atoms with Gasteiger partial charge in [-0.15, -0.1) is 0 Å². The Labute approximate surface area is 213 Å². The number of hydrogen-bond donors (Lipinski definition) is 3. The van der Waals surface area contributed by atoms with Crippen LogP contribution >= 0.6 is 0 Å². The molecule has 0 spiro atoms. The van der Waals surface area contributed by atoms with Crippen molar-refractivity contribution in [3.63, 3.8) is 0 Å². The van der Waals surface area contributed by atoms with Crippen LogP contribution in [-0.4, -0.2) is 26.7 Å². The fraction of sp³-hybridized carbons (Fsp3) is 0.0714. The van der Waals surface area contributed by atoms with Gasteiger partial charge < -0.3 is 15.4 Å². The van der Waals surface area contributed by atoms with E-state index in [0.29, 0.717) is 28.8 Å². The van der Waals surface area contributed by atoms with Crippen molar-refractivity contribution < 1.29 is 14.3 Å². The quantitative estimate of drug-likeness (QED) is 0.264. The van der Waals surface area contributed by atoms with E-state index in [2.05, 4.69) is 26.0 Å². The Morgan fingerprint density at radius 1 is 0.838 bits per heavy atom. The predicted octanol–water partition coefficient (Wildman–Crippen LogP) is 6.12. The monoisotopic (exact) mass is 492 g/mol. The number of nitrogens with one attached hydrogen (secondary N) is 3. The van der Waals surface area contributed by atoms with Gasteiger partial charge in [0.15, 0.2) is 0 Å². The van der Waals surface area contributed by atoms with Crippen LogP contribution in [0.3, 0.4) is 0 Å². The molecular weight excluding hydrogens is 468 g/mol. The van der Waals surface area contributed by atoms with Crippen molar-refractivity contribution in [2.75, 3.05) is 16.0 Å². The van der Waals surface area contributed by atoms with Crippen LogP contribution in [0.15, 0.2) is 91.3 Å². The summed E-state index contributed by atoms with van der Waals surface area (Å²) in [7, 11) is 0. The van der Waals surface area contributed by atoms with E-state index in [-0.39, 0.29) is 5.91 Å². The standard InChI is InChI=1S/C28H24N6O3/c1-18-7-9-20(10-8-18)34-27(14-16-30-34)33-28(36)32-24-11-12-25(23-6-4-3-5-22(23)24)37-21-13-15-29-26(17-21)31-19(2)35/h3-17H,1-2H3,(H,29,31,35)(H2,32,33,36). The number of urea groups is 1. The van der Waals surface area contributed by atoms with Gasteiger partial charge in [-0.25, -0.2) is 14.5 Å². The first-order chi connectivity index (χ1) is 18.0. The summed E-state index contributed by atoms with van der Waals surface area (Å²) >= 11 is 0. The maximum absolute atomic E-state index is 12.9. The molecule has 0 aliphatic rings. The van der Waals surface area contributed by atoms with Gasteiger partial charge in [-0.05, 0) is 37.3 Å². The number of aryl methyl sites for hydroxylation is 1. The fourth-order valence-corrected chi connectivity index (χ4v) is 3.88. The first-order valence-electron chi connectivity index (χ1n) is 11.6. The van der Waals surface area contributed by atoms with Gasteiger partial charge in [0.25, 0.3) is 0 Å². The molecule has 0 unspecified atom stereocenters. The number of benzene rings is 3. The zero-order chi connectivity index (χ0) is 25.8. The minimum atomic E-state index is -0.401. The molecule has 5 rings (SSSR count). The molecule has 37 heavy (non-hydrogen) atoms. The highest BCUT2D eigenvalue weighted by molar-refractivity contribution is 6.07. The molecule has 3 aromatic carbocycles. The summed E-state index contributed by atoms with van der Waals surface area (Å²) in [5, 5.41) is 14.4.